The van der Waals surface area contributed by atoms with Gasteiger partial charge in [-0.2, -0.15) is 10.2 Å². The average molecular weight is 332 g/mol. The SMILES string of the molecule is CC(C)(C)OC(=O)NCCn1cnc2c(OCCC#N)ncnc21. The molecule has 24 heavy (non-hydrogen) atoms. The van der Waals surface area contributed by atoms with Gasteiger partial charge >= 0.3 is 6.09 Å². The molecule has 1 N–H and O–H groups in total. The molecule has 128 valence electrons. The van der Waals surface area contributed by atoms with Gasteiger partial charge in [-0.25, -0.2) is 14.8 Å². The van der Waals surface area contributed by atoms with Crippen LogP contribution in [-0.4, -0.2) is 44.4 Å². The fourth-order valence-electron chi connectivity index (χ4n) is 1.91. The number of aromatic nitrogens is 4. The highest BCUT2D eigenvalue weighted by Gasteiger charge is 2.16. The molecule has 0 saturated heterocycles. The van der Waals surface area contributed by atoms with Crippen molar-refractivity contribution in [2.24, 2.45) is 0 Å². The van der Waals surface area contributed by atoms with Crippen LogP contribution in [0.1, 0.15) is 27.2 Å². The van der Waals surface area contributed by atoms with Gasteiger partial charge in [-0.1, -0.05) is 0 Å². The summed E-state index contributed by atoms with van der Waals surface area (Å²) in [5, 5.41) is 11.2. The second kappa shape index (κ2) is 7.59. The Morgan fingerprint density at radius 3 is 2.88 bits per heavy atom. The van der Waals surface area contributed by atoms with Crippen LogP contribution in [0.3, 0.4) is 0 Å². The second-order valence-corrected chi connectivity index (χ2v) is 5.97. The van der Waals surface area contributed by atoms with Crippen molar-refractivity contribution in [3.8, 4) is 11.9 Å². The van der Waals surface area contributed by atoms with Crippen LogP contribution in [0.5, 0.6) is 5.88 Å². The molecule has 2 rings (SSSR count). The maximum atomic E-state index is 11.6. The second-order valence-electron chi connectivity index (χ2n) is 5.97. The smallest absolute Gasteiger partial charge is 0.407 e. The quantitative estimate of drug-likeness (QED) is 0.799. The number of nitrogens with one attached hydrogen (secondary N) is 1. The predicted molar refractivity (Wildman–Crippen MR) is 85.3 cm³/mol. The maximum Gasteiger partial charge on any atom is 0.407 e. The van der Waals surface area contributed by atoms with Gasteiger partial charge in [0.25, 0.3) is 0 Å². The number of carbonyl (C=O) groups excluding carboxylic acids is 1. The fraction of sp³-hybridized carbons (Fsp3) is 0.533. The standard InChI is InChI=1S/C15H20N6O3/c1-15(2,3)24-14(22)17-6-7-21-10-20-11-12(21)18-9-19-13(11)23-8-4-5-16/h9-10H,4,6-8H2,1-3H3,(H,17,22). The molecule has 0 spiro atoms. The summed E-state index contributed by atoms with van der Waals surface area (Å²) in [6.45, 7) is 6.51. The van der Waals surface area contributed by atoms with Crippen molar-refractivity contribution in [1.82, 2.24) is 24.8 Å². The van der Waals surface area contributed by atoms with E-state index in [0.29, 0.717) is 30.1 Å². The highest BCUT2D eigenvalue weighted by molar-refractivity contribution is 5.75. The summed E-state index contributed by atoms with van der Waals surface area (Å²) in [4.78, 5) is 24.1. The lowest BCUT2D eigenvalue weighted by Gasteiger charge is -2.19. The van der Waals surface area contributed by atoms with Crippen molar-refractivity contribution in [3.05, 3.63) is 12.7 Å². The van der Waals surface area contributed by atoms with Crippen LogP contribution in [0.4, 0.5) is 4.79 Å². The molecule has 0 aliphatic rings. The zero-order chi connectivity index (χ0) is 17.6. The number of nitrogens with zero attached hydrogens (tertiary/aromatic N) is 5. The average Bonchev–Trinajstić information content (AvgIpc) is 2.90. The highest BCUT2D eigenvalue weighted by atomic mass is 16.6. The first-order valence-electron chi connectivity index (χ1n) is 7.53. The maximum absolute atomic E-state index is 11.6. The summed E-state index contributed by atoms with van der Waals surface area (Å²) in [7, 11) is 0. The first-order chi connectivity index (χ1) is 11.4. The van der Waals surface area contributed by atoms with E-state index in [9.17, 15) is 4.79 Å². The van der Waals surface area contributed by atoms with Crippen LogP contribution >= 0.6 is 0 Å². The number of fused-ring (bicyclic) bond motifs is 1. The molecule has 0 unspecified atom stereocenters. The lowest BCUT2D eigenvalue weighted by atomic mass is 10.2. The van der Waals surface area contributed by atoms with Crippen LogP contribution in [0, 0.1) is 11.3 Å². The summed E-state index contributed by atoms with van der Waals surface area (Å²) in [5.74, 6) is 0.342. The van der Waals surface area contributed by atoms with Gasteiger partial charge in [0, 0.05) is 13.1 Å². The third-order valence-corrected chi connectivity index (χ3v) is 2.84. The first-order valence-corrected chi connectivity index (χ1v) is 7.53. The number of hydrogen-bond acceptors (Lipinski definition) is 7. The Morgan fingerprint density at radius 2 is 2.17 bits per heavy atom. The van der Waals surface area contributed by atoms with Crippen molar-refractivity contribution in [2.75, 3.05) is 13.2 Å². The van der Waals surface area contributed by atoms with Gasteiger partial charge in [0.15, 0.2) is 11.2 Å². The van der Waals surface area contributed by atoms with Gasteiger partial charge < -0.3 is 19.4 Å². The molecule has 0 aliphatic heterocycles. The number of amides is 1. The Balaban J connectivity index is 1.97. The predicted octanol–water partition coefficient (Wildman–Crippen LogP) is 1.64. The van der Waals surface area contributed by atoms with E-state index >= 15 is 0 Å². The van der Waals surface area contributed by atoms with Crippen LogP contribution < -0.4 is 10.1 Å². The molecule has 2 aromatic rings. The van der Waals surface area contributed by atoms with Crippen molar-refractivity contribution >= 4 is 17.3 Å². The number of hydrogen-bond donors (Lipinski definition) is 1. The molecule has 0 bridgehead atoms. The van der Waals surface area contributed by atoms with Gasteiger partial charge in [-0.3, -0.25) is 0 Å². The summed E-state index contributed by atoms with van der Waals surface area (Å²) in [6.07, 6.45) is 2.78. The van der Waals surface area contributed by atoms with E-state index in [2.05, 4.69) is 20.3 Å². The number of nitriles is 1. The molecular formula is C15H20N6O3. The van der Waals surface area contributed by atoms with Gasteiger partial charge in [0.05, 0.1) is 18.8 Å². The highest BCUT2D eigenvalue weighted by Crippen LogP contribution is 2.19. The van der Waals surface area contributed by atoms with E-state index in [1.54, 1.807) is 31.7 Å². The Morgan fingerprint density at radius 1 is 1.38 bits per heavy atom. The van der Waals surface area contributed by atoms with E-state index in [1.165, 1.54) is 6.33 Å². The largest absolute Gasteiger partial charge is 0.475 e. The van der Waals surface area contributed by atoms with Crippen LogP contribution in [-0.2, 0) is 11.3 Å². The molecule has 2 aromatic heterocycles. The van der Waals surface area contributed by atoms with Crippen molar-refractivity contribution < 1.29 is 14.3 Å². The molecule has 1 amide bonds. The minimum Gasteiger partial charge on any atom is -0.475 e. The van der Waals surface area contributed by atoms with E-state index in [0.717, 1.165) is 0 Å². The van der Waals surface area contributed by atoms with Gasteiger partial charge in [-0.15, -0.1) is 0 Å². The number of alkyl carbamates (subject to hydrolysis) is 1. The Bertz CT molecular complexity index is 744. The first kappa shape index (κ1) is 17.5. The Kier molecular flexibility index (Phi) is 5.52. The Hall–Kier alpha value is -2.89. The third kappa shape index (κ3) is 4.81. The van der Waals surface area contributed by atoms with E-state index in [-0.39, 0.29) is 13.0 Å². The van der Waals surface area contributed by atoms with E-state index in [4.69, 9.17) is 14.7 Å². The number of ether oxygens (including phenoxy) is 2. The number of imidazole rings is 1. The summed E-state index contributed by atoms with van der Waals surface area (Å²) < 4.78 is 12.4. The van der Waals surface area contributed by atoms with Crippen molar-refractivity contribution in [2.45, 2.75) is 39.3 Å². The summed E-state index contributed by atoms with van der Waals surface area (Å²) in [6, 6.07) is 2.00. The molecule has 0 saturated carbocycles. The fourth-order valence-corrected chi connectivity index (χ4v) is 1.91. The molecule has 0 fully saturated rings. The lowest BCUT2D eigenvalue weighted by molar-refractivity contribution is 0.0526. The Labute approximate surface area is 139 Å². The molecule has 9 heteroatoms. The summed E-state index contributed by atoms with van der Waals surface area (Å²) in [5.41, 5.74) is 0.588. The normalized spacial score (nSPS) is 11.1. The topological polar surface area (TPSA) is 115 Å². The third-order valence-electron chi connectivity index (χ3n) is 2.84. The molecule has 0 radical (unpaired) electrons. The van der Waals surface area contributed by atoms with Gasteiger partial charge in [0.1, 0.15) is 18.5 Å². The molecular weight excluding hydrogens is 312 g/mol. The van der Waals surface area contributed by atoms with Gasteiger partial charge in [-0.05, 0) is 20.8 Å². The minimum atomic E-state index is -0.533. The minimum absolute atomic E-state index is 0.246. The molecule has 0 atom stereocenters. The number of rotatable bonds is 6. The van der Waals surface area contributed by atoms with Crippen LogP contribution in [0.2, 0.25) is 0 Å². The number of carbonyl (C=O) groups is 1. The van der Waals surface area contributed by atoms with Crippen molar-refractivity contribution in [3.63, 3.8) is 0 Å². The zero-order valence-corrected chi connectivity index (χ0v) is 13.9. The van der Waals surface area contributed by atoms with Gasteiger partial charge in [0.2, 0.25) is 5.88 Å². The zero-order valence-electron chi connectivity index (χ0n) is 13.9. The van der Waals surface area contributed by atoms with E-state index < -0.39 is 11.7 Å². The van der Waals surface area contributed by atoms with Crippen LogP contribution in [0.15, 0.2) is 12.7 Å². The van der Waals surface area contributed by atoms with Crippen molar-refractivity contribution in [1.29, 1.82) is 5.26 Å². The van der Waals surface area contributed by atoms with Crippen LogP contribution in [0.25, 0.3) is 11.2 Å². The monoisotopic (exact) mass is 332 g/mol. The molecule has 0 aromatic carbocycles. The lowest BCUT2D eigenvalue weighted by Crippen LogP contribution is -2.34. The van der Waals surface area contributed by atoms with E-state index in [1.807, 2.05) is 6.07 Å². The molecule has 2 heterocycles. The summed E-state index contributed by atoms with van der Waals surface area (Å²) >= 11 is 0. The molecule has 0 aliphatic carbocycles. The molecule has 9 nitrogen and oxygen atoms in total.